The molecule has 0 spiro atoms. The summed E-state index contributed by atoms with van der Waals surface area (Å²) >= 11 is 0. The van der Waals surface area contributed by atoms with Crippen LogP contribution < -0.4 is 5.32 Å². The standard InChI is InChI=1S/C21H23N5O3/c1-15-8-10-18(11-9-15)13-22-20(27)16(2)29-21(28)19(26-14-23-24-25-26)12-17-6-4-3-5-7-17/h3-11,14,16,19H,12-13H2,1-2H3,(H,22,27)/t16-,19+/m1/s1. The van der Waals surface area contributed by atoms with E-state index in [4.69, 9.17) is 4.74 Å². The highest BCUT2D eigenvalue weighted by atomic mass is 16.5. The first-order valence-electron chi connectivity index (χ1n) is 9.33. The van der Waals surface area contributed by atoms with E-state index in [2.05, 4.69) is 20.8 Å². The number of hydrogen-bond acceptors (Lipinski definition) is 6. The summed E-state index contributed by atoms with van der Waals surface area (Å²) in [5.74, 6) is -0.937. The number of esters is 1. The van der Waals surface area contributed by atoms with Crippen molar-refractivity contribution in [1.82, 2.24) is 25.5 Å². The fourth-order valence-corrected chi connectivity index (χ4v) is 2.78. The van der Waals surface area contributed by atoms with E-state index in [1.165, 1.54) is 11.0 Å². The number of amides is 1. The number of aryl methyl sites for hydroxylation is 1. The maximum atomic E-state index is 12.8. The van der Waals surface area contributed by atoms with Crippen molar-refractivity contribution in [2.45, 2.75) is 39.0 Å². The van der Waals surface area contributed by atoms with Crippen molar-refractivity contribution in [1.29, 1.82) is 0 Å². The molecule has 0 saturated carbocycles. The minimum atomic E-state index is -0.942. The zero-order valence-corrected chi connectivity index (χ0v) is 16.4. The maximum absolute atomic E-state index is 12.8. The van der Waals surface area contributed by atoms with Gasteiger partial charge in [0.05, 0.1) is 0 Å². The second kappa shape index (κ2) is 9.59. The largest absolute Gasteiger partial charge is 0.451 e. The van der Waals surface area contributed by atoms with Crippen molar-refractivity contribution >= 4 is 11.9 Å². The van der Waals surface area contributed by atoms with Crippen LogP contribution in [0.5, 0.6) is 0 Å². The smallest absolute Gasteiger partial charge is 0.332 e. The highest BCUT2D eigenvalue weighted by Gasteiger charge is 2.27. The molecule has 1 amide bonds. The first-order chi connectivity index (χ1) is 14.0. The van der Waals surface area contributed by atoms with Gasteiger partial charge in [-0.25, -0.2) is 9.48 Å². The normalized spacial score (nSPS) is 12.8. The molecule has 0 saturated heterocycles. The lowest BCUT2D eigenvalue weighted by molar-refractivity contribution is -0.158. The minimum absolute atomic E-state index is 0.350. The van der Waals surface area contributed by atoms with Crippen molar-refractivity contribution in [2.75, 3.05) is 0 Å². The van der Waals surface area contributed by atoms with Crippen molar-refractivity contribution in [3.63, 3.8) is 0 Å². The molecule has 0 aliphatic carbocycles. The van der Waals surface area contributed by atoms with E-state index in [0.717, 1.165) is 16.7 Å². The Morgan fingerprint density at radius 1 is 1.07 bits per heavy atom. The summed E-state index contributed by atoms with van der Waals surface area (Å²) in [5.41, 5.74) is 3.05. The topological polar surface area (TPSA) is 99.0 Å². The summed E-state index contributed by atoms with van der Waals surface area (Å²) in [4.78, 5) is 25.1. The van der Waals surface area contributed by atoms with Gasteiger partial charge in [0.2, 0.25) is 0 Å². The molecule has 0 aliphatic rings. The SMILES string of the molecule is Cc1ccc(CNC(=O)[C@@H](C)OC(=O)[C@H](Cc2ccccc2)n2cnnn2)cc1. The highest BCUT2D eigenvalue weighted by Crippen LogP contribution is 2.16. The van der Waals surface area contributed by atoms with E-state index in [1.807, 2.05) is 61.5 Å². The molecule has 8 heteroatoms. The Balaban J connectivity index is 1.60. The van der Waals surface area contributed by atoms with Crippen LogP contribution in [0.25, 0.3) is 0 Å². The molecule has 2 atom stereocenters. The second-order valence-electron chi connectivity index (χ2n) is 6.78. The molecule has 0 radical (unpaired) electrons. The number of carbonyl (C=O) groups is 2. The Morgan fingerprint density at radius 3 is 2.45 bits per heavy atom. The van der Waals surface area contributed by atoms with Gasteiger partial charge in [0, 0.05) is 13.0 Å². The van der Waals surface area contributed by atoms with Gasteiger partial charge < -0.3 is 10.1 Å². The maximum Gasteiger partial charge on any atom is 0.332 e. The zero-order chi connectivity index (χ0) is 20.6. The molecule has 0 bridgehead atoms. The third kappa shape index (κ3) is 5.71. The van der Waals surface area contributed by atoms with Gasteiger partial charge in [0.25, 0.3) is 5.91 Å². The molecule has 3 rings (SSSR count). The molecule has 1 aromatic heterocycles. The minimum Gasteiger partial charge on any atom is -0.451 e. The predicted molar refractivity (Wildman–Crippen MR) is 106 cm³/mol. The fourth-order valence-electron chi connectivity index (χ4n) is 2.78. The van der Waals surface area contributed by atoms with Crippen LogP contribution in [-0.4, -0.2) is 38.2 Å². The van der Waals surface area contributed by atoms with E-state index >= 15 is 0 Å². The molecule has 0 unspecified atom stereocenters. The summed E-state index contributed by atoms with van der Waals surface area (Å²) < 4.78 is 6.75. The molecule has 1 heterocycles. The molecule has 150 valence electrons. The van der Waals surface area contributed by atoms with Crippen LogP contribution in [0.4, 0.5) is 0 Å². The summed E-state index contributed by atoms with van der Waals surface area (Å²) in [6, 6.07) is 16.6. The fraction of sp³-hybridized carbons (Fsp3) is 0.286. The van der Waals surface area contributed by atoms with Crippen molar-refractivity contribution in [3.8, 4) is 0 Å². The lowest BCUT2D eigenvalue weighted by atomic mass is 10.1. The average molecular weight is 393 g/mol. The van der Waals surface area contributed by atoms with Crippen molar-refractivity contribution < 1.29 is 14.3 Å². The van der Waals surface area contributed by atoms with Gasteiger partial charge in [0.1, 0.15) is 6.33 Å². The number of carbonyl (C=O) groups excluding carboxylic acids is 2. The van der Waals surface area contributed by atoms with Crippen LogP contribution in [0.1, 0.15) is 29.7 Å². The monoisotopic (exact) mass is 393 g/mol. The zero-order valence-electron chi connectivity index (χ0n) is 16.4. The van der Waals surface area contributed by atoms with Gasteiger partial charge in [0.15, 0.2) is 12.1 Å². The molecule has 8 nitrogen and oxygen atoms in total. The van der Waals surface area contributed by atoms with Crippen LogP contribution in [0.3, 0.4) is 0 Å². The second-order valence-corrected chi connectivity index (χ2v) is 6.78. The number of benzene rings is 2. The Bertz CT molecular complexity index is 927. The number of tetrazole rings is 1. The van der Waals surface area contributed by atoms with Crippen LogP contribution >= 0.6 is 0 Å². The number of rotatable bonds is 8. The molecular formula is C21H23N5O3. The van der Waals surface area contributed by atoms with Gasteiger partial charge in [-0.1, -0.05) is 60.2 Å². The number of hydrogen-bond donors (Lipinski definition) is 1. The lowest BCUT2D eigenvalue weighted by Gasteiger charge is -2.19. The average Bonchev–Trinajstić information content (AvgIpc) is 3.26. The quantitative estimate of drug-likeness (QED) is 0.588. The van der Waals surface area contributed by atoms with E-state index in [1.54, 1.807) is 6.92 Å². The van der Waals surface area contributed by atoms with Gasteiger partial charge >= 0.3 is 5.97 Å². The van der Waals surface area contributed by atoms with E-state index in [-0.39, 0.29) is 5.91 Å². The van der Waals surface area contributed by atoms with Gasteiger partial charge in [-0.2, -0.15) is 0 Å². The molecule has 0 aliphatic heterocycles. The Hall–Kier alpha value is -3.55. The van der Waals surface area contributed by atoms with Crippen LogP contribution in [-0.2, 0) is 27.3 Å². The number of aromatic nitrogens is 4. The van der Waals surface area contributed by atoms with Crippen molar-refractivity contribution in [3.05, 3.63) is 77.6 Å². The molecule has 1 N–H and O–H groups in total. The van der Waals surface area contributed by atoms with Gasteiger partial charge in [-0.05, 0) is 35.4 Å². The molecule has 0 fully saturated rings. The third-order valence-electron chi connectivity index (χ3n) is 4.48. The number of nitrogens with zero attached hydrogens (tertiary/aromatic N) is 4. The van der Waals surface area contributed by atoms with Gasteiger partial charge in [-0.3, -0.25) is 4.79 Å². The Labute approximate surface area is 168 Å². The van der Waals surface area contributed by atoms with E-state index in [0.29, 0.717) is 13.0 Å². The Morgan fingerprint density at radius 2 is 1.79 bits per heavy atom. The van der Waals surface area contributed by atoms with Crippen LogP contribution in [0, 0.1) is 6.92 Å². The number of ether oxygens (including phenoxy) is 1. The van der Waals surface area contributed by atoms with E-state index in [9.17, 15) is 9.59 Å². The summed E-state index contributed by atoms with van der Waals surface area (Å²) in [5, 5.41) is 13.8. The predicted octanol–water partition coefficient (Wildman–Crippen LogP) is 2.01. The molecule has 2 aromatic carbocycles. The molecular weight excluding hydrogens is 370 g/mol. The summed E-state index contributed by atoms with van der Waals surface area (Å²) in [6.07, 6.45) is 0.766. The van der Waals surface area contributed by atoms with Crippen LogP contribution in [0.2, 0.25) is 0 Å². The van der Waals surface area contributed by atoms with E-state index < -0.39 is 18.1 Å². The lowest BCUT2D eigenvalue weighted by Crippen LogP contribution is -2.37. The molecule has 3 aromatic rings. The van der Waals surface area contributed by atoms with Crippen molar-refractivity contribution in [2.24, 2.45) is 0 Å². The first kappa shape index (κ1) is 20.2. The van der Waals surface area contributed by atoms with Crippen LogP contribution in [0.15, 0.2) is 60.9 Å². The summed E-state index contributed by atoms with van der Waals surface area (Å²) in [7, 11) is 0. The first-order valence-corrected chi connectivity index (χ1v) is 9.33. The molecule has 29 heavy (non-hydrogen) atoms. The Kier molecular flexibility index (Phi) is 6.67. The summed E-state index contributed by atoms with van der Waals surface area (Å²) in [6.45, 7) is 3.91. The number of nitrogens with one attached hydrogen (secondary N) is 1. The van der Waals surface area contributed by atoms with Gasteiger partial charge in [-0.15, -0.1) is 5.10 Å². The third-order valence-corrected chi connectivity index (χ3v) is 4.48. The highest BCUT2D eigenvalue weighted by molar-refractivity contribution is 5.84.